The first-order valence-corrected chi connectivity index (χ1v) is 14.4. The first kappa shape index (κ1) is 25.5. The Balaban J connectivity index is 1.37. The van der Waals surface area contributed by atoms with Gasteiger partial charge in [-0.15, -0.1) is 0 Å². The highest BCUT2D eigenvalue weighted by Crippen LogP contribution is 2.63. The number of benzene rings is 6. The van der Waals surface area contributed by atoms with Crippen LogP contribution < -0.4 is 9.47 Å². The van der Waals surface area contributed by atoms with Gasteiger partial charge in [-0.1, -0.05) is 97.1 Å². The fourth-order valence-electron chi connectivity index (χ4n) is 7.13. The number of rotatable bonds is 6. The van der Waals surface area contributed by atoms with Crippen LogP contribution in [0, 0.1) is 0 Å². The van der Waals surface area contributed by atoms with E-state index in [1.807, 2.05) is 48.5 Å². The molecule has 0 amide bonds. The largest absolute Gasteiger partial charge is 0.468 e. The maximum absolute atomic E-state index is 9.16. The normalized spacial score (nSPS) is 13.3. The zero-order chi connectivity index (χ0) is 29.0. The molecule has 8 rings (SSSR count). The Morgan fingerprint density at radius 1 is 0.395 bits per heavy atom. The second-order valence-electron chi connectivity index (χ2n) is 11.0. The van der Waals surface area contributed by atoms with E-state index in [0.717, 1.165) is 22.3 Å². The Labute approximate surface area is 250 Å². The van der Waals surface area contributed by atoms with Crippen LogP contribution in [0.4, 0.5) is 0 Å². The minimum absolute atomic E-state index is 0.347. The molecule has 0 unspecified atom stereocenters. The Morgan fingerprint density at radius 3 is 1.19 bits per heavy atom. The molecule has 2 aliphatic carbocycles. The first-order valence-electron chi connectivity index (χ1n) is 14.4. The number of hydrogen-bond donors (Lipinski definition) is 2. The van der Waals surface area contributed by atoms with E-state index in [9.17, 15) is 0 Å². The molecule has 0 saturated heterocycles. The third-order valence-electron chi connectivity index (χ3n) is 8.93. The molecule has 4 nitrogen and oxygen atoms in total. The maximum atomic E-state index is 9.16. The second kappa shape index (κ2) is 9.99. The van der Waals surface area contributed by atoms with Gasteiger partial charge < -0.3 is 19.7 Å². The Kier molecular flexibility index (Phi) is 5.93. The summed E-state index contributed by atoms with van der Waals surface area (Å²) in [4.78, 5) is 0. The van der Waals surface area contributed by atoms with Gasteiger partial charge in [-0.05, 0) is 103 Å². The van der Waals surface area contributed by atoms with E-state index in [1.54, 1.807) is 0 Å². The topological polar surface area (TPSA) is 58.9 Å². The van der Waals surface area contributed by atoms with E-state index in [-0.39, 0.29) is 13.6 Å². The van der Waals surface area contributed by atoms with Gasteiger partial charge in [-0.3, -0.25) is 0 Å². The van der Waals surface area contributed by atoms with Crippen LogP contribution in [0.25, 0.3) is 44.5 Å². The minimum Gasteiger partial charge on any atom is -0.468 e. The monoisotopic (exact) mass is 560 g/mol. The van der Waals surface area contributed by atoms with Crippen molar-refractivity contribution in [2.75, 3.05) is 13.6 Å². The lowest BCUT2D eigenvalue weighted by molar-refractivity contribution is 0.0981. The highest BCUT2D eigenvalue weighted by atomic mass is 16.6. The van der Waals surface area contributed by atoms with Crippen molar-refractivity contribution in [3.05, 3.63) is 156 Å². The summed E-state index contributed by atoms with van der Waals surface area (Å²) < 4.78 is 10.5. The summed E-state index contributed by atoms with van der Waals surface area (Å²) in [6.45, 7) is -0.694. The molecule has 0 aliphatic heterocycles. The predicted octanol–water partition coefficient (Wildman–Crippen LogP) is 8.02. The zero-order valence-electron chi connectivity index (χ0n) is 23.3. The smallest absolute Gasteiger partial charge is 0.186 e. The Hall–Kier alpha value is -5.16. The molecule has 43 heavy (non-hydrogen) atoms. The van der Waals surface area contributed by atoms with E-state index in [2.05, 4.69) is 84.9 Å². The average molecular weight is 561 g/mol. The number of aliphatic hydroxyl groups is 2. The van der Waals surface area contributed by atoms with Crippen molar-refractivity contribution in [2.24, 2.45) is 0 Å². The van der Waals surface area contributed by atoms with E-state index >= 15 is 0 Å². The quantitative estimate of drug-likeness (QED) is 0.202. The molecule has 0 saturated carbocycles. The van der Waals surface area contributed by atoms with Gasteiger partial charge in [0.05, 0.1) is 5.41 Å². The van der Waals surface area contributed by atoms with Crippen molar-refractivity contribution in [3.8, 4) is 56.0 Å². The van der Waals surface area contributed by atoms with Crippen LogP contribution in [-0.2, 0) is 5.41 Å². The van der Waals surface area contributed by atoms with Crippen LogP contribution >= 0.6 is 0 Å². The third kappa shape index (κ3) is 3.77. The van der Waals surface area contributed by atoms with Crippen LogP contribution in [0.2, 0.25) is 0 Å². The van der Waals surface area contributed by atoms with E-state index in [4.69, 9.17) is 19.7 Å². The highest BCUT2D eigenvalue weighted by Gasteiger charge is 2.51. The lowest BCUT2D eigenvalue weighted by Crippen LogP contribution is -2.26. The highest BCUT2D eigenvalue weighted by molar-refractivity contribution is 5.96. The van der Waals surface area contributed by atoms with Crippen LogP contribution in [0.5, 0.6) is 11.5 Å². The lowest BCUT2D eigenvalue weighted by atomic mass is 9.70. The molecule has 4 heteroatoms. The standard InChI is InChI=1S/C39H28O4/c40-23-42-29-15-9-25(10-16-29)27-13-19-33-31-5-1-3-7-35(31)39(37(33)21-27)36-8-4-2-6-32(36)34-20-14-28(22-38(34)39)26-11-17-30(18-12-26)43-24-41/h1-22,40-41H,23-24H2. The van der Waals surface area contributed by atoms with Gasteiger partial charge in [0.2, 0.25) is 0 Å². The third-order valence-corrected chi connectivity index (χ3v) is 8.93. The van der Waals surface area contributed by atoms with Crippen molar-refractivity contribution >= 4 is 0 Å². The Morgan fingerprint density at radius 2 is 0.767 bits per heavy atom. The molecule has 0 aromatic heterocycles. The molecule has 208 valence electrons. The average Bonchev–Trinajstić information content (AvgIpc) is 3.52. The van der Waals surface area contributed by atoms with Crippen LogP contribution in [-0.4, -0.2) is 23.8 Å². The summed E-state index contributed by atoms with van der Waals surface area (Å²) in [5.41, 5.74) is 14.1. The van der Waals surface area contributed by atoms with Crippen molar-refractivity contribution in [3.63, 3.8) is 0 Å². The lowest BCUT2D eigenvalue weighted by Gasteiger charge is -2.31. The summed E-state index contributed by atoms with van der Waals surface area (Å²) in [6.07, 6.45) is 0. The molecule has 0 radical (unpaired) electrons. The van der Waals surface area contributed by atoms with E-state index in [0.29, 0.717) is 11.5 Å². The van der Waals surface area contributed by atoms with Crippen LogP contribution in [0.3, 0.4) is 0 Å². The van der Waals surface area contributed by atoms with E-state index in [1.165, 1.54) is 44.5 Å². The second-order valence-corrected chi connectivity index (χ2v) is 11.0. The van der Waals surface area contributed by atoms with Crippen molar-refractivity contribution in [1.82, 2.24) is 0 Å². The molecule has 6 aromatic carbocycles. The molecular formula is C39H28O4. The Bertz CT molecular complexity index is 1840. The SMILES string of the molecule is OCOc1ccc(-c2ccc3c(c2)C2(c4ccccc4-3)c3ccccc3-c3ccc(-c4ccc(OCO)cc4)cc32)cc1. The summed E-state index contributed by atoms with van der Waals surface area (Å²) in [5.74, 6) is 1.27. The molecule has 0 bridgehead atoms. The zero-order valence-corrected chi connectivity index (χ0v) is 23.3. The van der Waals surface area contributed by atoms with Gasteiger partial charge in [0.15, 0.2) is 13.6 Å². The molecule has 2 aliphatic rings. The van der Waals surface area contributed by atoms with Gasteiger partial charge >= 0.3 is 0 Å². The molecule has 0 fully saturated rings. The van der Waals surface area contributed by atoms with Crippen LogP contribution in [0.15, 0.2) is 133 Å². The number of hydrogen-bond acceptors (Lipinski definition) is 4. The van der Waals surface area contributed by atoms with Gasteiger partial charge in [-0.2, -0.15) is 0 Å². The maximum Gasteiger partial charge on any atom is 0.186 e. The van der Waals surface area contributed by atoms with Gasteiger partial charge in [0, 0.05) is 0 Å². The molecule has 6 aromatic rings. The molecule has 1 spiro atoms. The fourth-order valence-corrected chi connectivity index (χ4v) is 7.13. The molecular weight excluding hydrogens is 532 g/mol. The molecule has 0 heterocycles. The number of ether oxygens (including phenoxy) is 2. The number of aliphatic hydroxyl groups excluding tert-OH is 2. The summed E-state index contributed by atoms with van der Waals surface area (Å²) in [6, 6.07) is 47.0. The summed E-state index contributed by atoms with van der Waals surface area (Å²) in [5, 5.41) is 18.3. The minimum atomic E-state index is -0.468. The van der Waals surface area contributed by atoms with Crippen molar-refractivity contribution < 1.29 is 19.7 Å². The first-order chi connectivity index (χ1) is 21.2. The van der Waals surface area contributed by atoms with Crippen molar-refractivity contribution in [1.29, 1.82) is 0 Å². The summed E-state index contributed by atoms with van der Waals surface area (Å²) >= 11 is 0. The van der Waals surface area contributed by atoms with Gasteiger partial charge in [-0.25, -0.2) is 0 Å². The summed E-state index contributed by atoms with van der Waals surface area (Å²) in [7, 11) is 0. The van der Waals surface area contributed by atoms with Crippen LogP contribution in [0.1, 0.15) is 22.3 Å². The number of fused-ring (bicyclic) bond motifs is 10. The fraction of sp³-hybridized carbons (Fsp3) is 0.0769. The molecule has 0 atom stereocenters. The van der Waals surface area contributed by atoms with Gasteiger partial charge in [0.1, 0.15) is 11.5 Å². The predicted molar refractivity (Wildman–Crippen MR) is 169 cm³/mol. The van der Waals surface area contributed by atoms with Crippen molar-refractivity contribution in [2.45, 2.75) is 5.41 Å². The molecule has 2 N–H and O–H groups in total. The van der Waals surface area contributed by atoms with Gasteiger partial charge in [0.25, 0.3) is 0 Å². The van der Waals surface area contributed by atoms with E-state index < -0.39 is 5.41 Å².